The monoisotopic (exact) mass is 780 g/mol. The Morgan fingerprint density at radius 1 is 0.745 bits per heavy atom. The maximum absolute atomic E-state index is 14.1. The fraction of sp³-hybridized carbons (Fsp3) is 0.778. The summed E-state index contributed by atoms with van der Waals surface area (Å²) < 4.78 is 0. The summed E-state index contributed by atoms with van der Waals surface area (Å²) in [6.07, 6.45) is 4.99. The summed E-state index contributed by atoms with van der Waals surface area (Å²) in [6, 6.07) is -6.82. The average Bonchev–Trinajstić information content (AvgIpc) is 3.82. The van der Waals surface area contributed by atoms with Gasteiger partial charge in [0, 0.05) is 19.6 Å². The van der Waals surface area contributed by atoms with Gasteiger partial charge in [-0.3, -0.25) is 33.8 Å². The highest BCUT2D eigenvalue weighted by molar-refractivity contribution is 5.97. The minimum Gasteiger partial charge on any atom is -0.480 e. The summed E-state index contributed by atoms with van der Waals surface area (Å²) >= 11 is 0. The van der Waals surface area contributed by atoms with Crippen LogP contribution < -0.4 is 44.2 Å². The summed E-state index contributed by atoms with van der Waals surface area (Å²) in [7, 11) is 0. The highest BCUT2D eigenvalue weighted by Gasteiger charge is 2.41. The molecule has 6 amide bonds. The number of carboxylic acids is 1. The molecule has 19 heteroatoms. The van der Waals surface area contributed by atoms with E-state index < -0.39 is 77.8 Å². The molecule has 7 atom stereocenters. The topological polar surface area (TPSA) is 311 Å². The molecule has 13 N–H and O–H groups in total. The molecule has 0 saturated carbocycles. The maximum Gasteiger partial charge on any atom is 0.326 e. The molecule has 2 aliphatic rings. The van der Waals surface area contributed by atoms with E-state index in [0.29, 0.717) is 77.4 Å². The van der Waals surface area contributed by atoms with Gasteiger partial charge in [0.1, 0.15) is 36.3 Å². The van der Waals surface area contributed by atoms with Crippen LogP contribution in [0.25, 0.3) is 0 Å². The molecule has 55 heavy (non-hydrogen) atoms. The first-order chi connectivity index (χ1) is 26.0. The molecule has 0 unspecified atom stereocenters. The molecule has 0 aromatic carbocycles. The van der Waals surface area contributed by atoms with E-state index in [9.17, 15) is 38.7 Å². The van der Waals surface area contributed by atoms with Crippen LogP contribution >= 0.6 is 0 Å². The molecule has 312 valence electrons. The predicted octanol–water partition coefficient (Wildman–Crippen LogP) is -1.63. The number of carboxylic acid groups (broad SMARTS) is 1. The molecule has 0 spiro atoms. The van der Waals surface area contributed by atoms with Gasteiger partial charge in [0.15, 0.2) is 5.96 Å². The van der Waals surface area contributed by atoms with Crippen molar-refractivity contribution >= 4 is 47.4 Å². The van der Waals surface area contributed by atoms with Crippen molar-refractivity contribution in [2.24, 2.45) is 33.8 Å². The van der Waals surface area contributed by atoms with Crippen molar-refractivity contribution in [3.05, 3.63) is 0 Å². The Morgan fingerprint density at radius 2 is 1.33 bits per heavy atom. The fourth-order valence-electron chi connectivity index (χ4n) is 6.87. The van der Waals surface area contributed by atoms with Crippen molar-refractivity contribution < 1.29 is 38.7 Å². The minimum absolute atomic E-state index is 0.0362. The number of carbonyl (C=O) groups is 7. The SMILES string of the molecule is CCC[C@H](NC(=O)[C@H](C)NC(=O)[C@H](CC(C)C)NC(=O)[C@@H]1CCCN1C(=O)[C@H](CCCCN)NC(=O)[C@@H]1CCCN1C(=O)[C@@H](N)CCCN=C(N)N)C(=O)O. The van der Waals surface area contributed by atoms with E-state index in [2.05, 4.69) is 26.3 Å². The van der Waals surface area contributed by atoms with Gasteiger partial charge in [-0.1, -0.05) is 27.2 Å². The molecule has 19 nitrogen and oxygen atoms in total. The van der Waals surface area contributed by atoms with Crippen LogP contribution in [0.3, 0.4) is 0 Å². The van der Waals surface area contributed by atoms with Crippen molar-refractivity contribution in [2.45, 2.75) is 147 Å². The van der Waals surface area contributed by atoms with Crippen molar-refractivity contribution in [1.82, 2.24) is 31.1 Å². The van der Waals surface area contributed by atoms with Gasteiger partial charge >= 0.3 is 5.97 Å². The van der Waals surface area contributed by atoms with Crippen LogP contribution in [0.2, 0.25) is 0 Å². The third-order valence-corrected chi connectivity index (χ3v) is 9.81. The number of carbonyl (C=O) groups excluding carboxylic acids is 6. The van der Waals surface area contributed by atoms with Crippen LogP contribution in [0.1, 0.15) is 105 Å². The van der Waals surface area contributed by atoms with Gasteiger partial charge in [0.25, 0.3) is 0 Å². The van der Waals surface area contributed by atoms with Gasteiger partial charge in [0.2, 0.25) is 35.4 Å². The first-order valence-corrected chi connectivity index (χ1v) is 19.6. The molecular weight excluding hydrogens is 714 g/mol. The van der Waals surface area contributed by atoms with E-state index in [1.807, 2.05) is 13.8 Å². The van der Waals surface area contributed by atoms with Crippen molar-refractivity contribution in [3.63, 3.8) is 0 Å². The van der Waals surface area contributed by atoms with E-state index in [1.165, 1.54) is 16.7 Å². The van der Waals surface area contributed by atoms with E-state index >= 15 is 0 Å². The van der Waals surface area contributed by atoms with Crippen LogP contribution in [-0.2, 0) is 33.6 Å². The minimum atomic E-state index is -1.18. The number of hydrogen-bond acceptors (Lipinski definition) is 10. The molecule has 2 saturated heterocycles. The van der Waals surface area contributed by atoms with E-state index in [1.54, 1.807) is 6.92 Å². The van der Waals surface area contributed by atoms with Gasteiger partial charge in [-0.25, -0.2) is 4.79 Å². The van der Waals surface area contributed by atoms with Gasteiger partial charge in [-0.15, -0.1) is 0 Å². The number of rotatable bonds is 23. The predicted molar refractivity (Wildman–Crippen MR) is 206 cm³/mol. The van der Waals surface area contributed by atoms with E-state index in [-0.39, 0.29) is 43.6 Å². The van der Waals surface area contributed by atoms with Crippen LogP contribution in [0.15, 0.2) is 4.99 Å². The van der Waals surface area contributed by atoms with Gasteiger partial charge in [0.05, 0.1) is 6.04 Å². The normalized spacial score (nSPS) is 19.5. The third-order valence-electron chi connectivity index (χ3n) is 9.81. The van der Waals surface area contributed by atoms with E-state index in [0.717, 1.165) is 0 Å². The lowest BCUT2D eigenvalue weighted by atomic mass is 10.0. The molecule has 2 aliphatic heterocycles. The molecule has 0 aliphatic carbocycles. The Bertz CT molecular complexity index is 1360. The first-order valence-electron chi connectivity index (χ1n) is 19.6. The van der Waals surface area contributed by atoms with Crippen LogP contribution in [-0.4, -0.2) is 131 Å². The number of aliphatic imine (C=N–C) groups is 1. The number of aliphatic carboxylic acids is 1. The maximum atomic E-state index is 14.1. The fourth-order valence-corrected chi connectivity index (χ4v) is 6.87. The quantitative estimate of drug-likeness (QED) is 0.0321. The van der Waals surface area contributed by atoms with Crippen LogP contribution in [0.4, 0.5) is 0 Å². The first kappa shape index (κ1) is 46.6. The molecule has 0 bridgehead atoms. The van der Waals surface area contributed by atoms with E-state index in [4.69, 9.17) is 22.9 Å². The zero-order valence-electron chi connectivity index (χ0n) is 32.9. The largest absolute Gasteiger partial charge is 0.480 e. The Hall–Kier alpha value is -4.52. The summed E-state index contributed by atoms with van der Waals surface area (Å²) in [5.74, 6) is -4.44. The van der Waals surface area contributed by atoms with Crippen molar-refractivity contribution in [2.75, 3.05) is 26.2 Å². The zero-order valence-corrected chi connectivity index (χ0v) is 32.9. The lowest BCUT2D eigenvalue weighted by Gasteiger charge is -2.32. The van der Waals surface area contributed by atoms with Crippen molar-refractivity contribution in [1.29, 1.82) is 0 Å². The molecule has 2 fully saturated rings. The van der Waals surface area contributed by atoms with Gasteiger partial charge in [-0.2, -0.15) is 0 Å². The molecule has 2 rings (SSSR count). The molecule has 0 aromatic heterocycles. The molecule has 0 radical (unpaired) electrons. The number of amides is 6. The van der Waals surface area contributed by atoms with Crippen LogP contribution in [0.5, 0.6) is 0 Å². The molecule has 2 heterocycles. The van der Waals surface area contributed by atoms with Gasteiger partial charge < -0.3 is 59.1 Å². The molecular formula is C36H65N11O8. The number of nitrogens with zero attached hydrogens (tertiary/aromatic N) is 3. The second-order valence-electron chi connectivity index (χ2n) is 14.9. The third kappa shape index (κ3) is 14.9. The summed E-state index contributed by atoms with van der Waals surface area (Å²) in [6.45, 7) is 8.24. The number of unbranched alkanes of at least 4 members (excludes halogenated alkanes) is 1. The zero-order chi connectivity index (χ0) is 41.2. The Kier molecular flexibility index (Phi) is 19.9. The number of nitrogens with one attached hydrogen (secondary N) is 4. The highest BCUT2D eigenvalue weighted by atomic mass is 16.4. The number of likely N-dealkylation sites (tertiary alicyclic amines) is 2. The summed E-state index contributed by atoms with van der Waals surface area (Å²) in [4.78, 5) is 99.3. The second kappa shape index (κ2) is 23.4. The number of hydrogen-bond donors (Lipinski definition) is 9. The summed E-state index contributed by atoms with van der Waals surface area (Å²) in [5.41, 5.74) is 22.6. The van der Waals surface area contributed by atoms with Crippen molar-refractivity contribution in [3.8, 4) is 0 Å². The second-order valence-corrected chi connectivity index (χ2v) is 14.9. The smallest absolute Gasteiger partial charge is 0.326 e. The van der Waals surface area contributed by atoms with Crippen LogP contribution in [0, 0.1) is 5.92 Å². The Labute approximate surface area is 323 Å². The highest BCUT2D eigenvalue weighted by Crippen LogP contribution is 2.23. The Balaban J connectivity index is 2.16. The lowest BCUT2D eigenvalue weighted by molar-refractivity contribution is -0.144. The van der Waals surface area contributed by atoms with Gasteiger partial charge in [-0.05, 0) is 90.0 Å². The average molecular weight is 780 g/mol. The standard InChI is InChI=1S/C36H65N11O8/c1-5-11-25(35(54)55)44-29(48)22(4)42-30(49)26(20-21(2)3)45-32(51)28-15-10-19-47(28)34(53)24(13-6-7-16-37)43-31(50)27-14-9-18-46(27)33(52)23(38)12-8-17-41-36(39)40/h21-28H,5-20,37-38H2,1-4H3,(H,42,49)(H,43,50)(H,44,48)(H,45,51)(H,54,55)(H4,39,40,41)/t22-,23-,24-,25-,26-,27-,28-/m0/s1. The number of guanidine groups is 1. The summed E-state index contributed by atoms with van der Waals surface area (Å²) in [5, 5.41) is 20.1. The molecule has 0 aromatic rings. The Morgan fingerprint density at radius 3 is 1.85 bits per heavy atom. The lowest BCUT2D eigenvalue weighted by Crippen LogP contribution is -2.59. The number of nitrogens with two attached hydrogens (primary N) is 4.